The molecule has 4 rings (SSSR count). The zero-order valence-electron chi connectivity index (χ0n) is 16.9. The molecule has 1 atom stereocenters. The maximum atomic E-state index is 6.12. The molecule has 150 valence electrons. The van der Waals surface area contributed by atoms with Crippen LogP contribution in [0.25, 0.3) is 11.1 Å². The van der Waals surface area contributed by atoms with Gasteiger partial charge in [-0.3, -0.25) is 9.88 Å². The van der Waals surface area contributed by atoms with Gasteiger partial charge in [-0.2, -0.15) is 0 Å². The molecule has 1 unspecified atom stereocenters. The second kappa shape index (κ2) is 8.97. The molecule has 1 aliphatic heterocycles. The number of rotatable bonds is 7. The van der Waals surface area contributed by atoms with E-state index >= 15 is 0 Å². The van der Waals surface area contributed by atoms with E-state index in [2.05, 4.69) is 28.9 Å². The Kier molecular flexibility index (Phi) is 5.96. The summed E-state index contributed by atoms with van der Waals surface area (Å²) in [4.78, 5) is 6.91. The van der Waals surface area contributed by atoms with Crippen LogP contribution in [0.3, 0.4) is 0 Å². The molecule has 2 heterocycles. The molecule has 1 aliphatic rings. The Morgan fingerprint density at radius 1 is 1.03 bits per heavy atom. The van der Waals surface area contributed by atoms with Gasteiger partial charge in [-0.05, 0) is 54.1 Å². The van der Waals surface area contributed by atoms with Gasteiger partial charge in [-0.1, -0.05) is 31.2 Å². The lowest BCUT2D eigenvalue weighted by atomic mass is 10.1. The topological polar surface area (TPSA) is 43.8 Å². The third-order valence-electron chi connectivity index (χ3n) is 5.08. The van der Waals surface area contributed by atoms with Crippen molar-refractivity contribution in [2.75, 3.05) is 26.8 Å². The van der Waals surface area contributed by atoms with Crippen molar-refractivity contribution in [1.82, 2.24) is 9.88 Å². The fraction of sp³-hybridized carbons (Fsp3) is 0.292. The van der Waals surface area contributed by atoms with E-state index < -0.39 is 0 Å². The zero-order valence-corrected chi connectivity index (χ0v) is 16.9. The molecule has 0 radical (unpaired) electrons. The van der Waals surface area contributed by atoms with Crippen LogP contribution in [0.2, 0.25) is 0 Å². The molecular weight excluding hydrogens is 364 g/mol. The predicted molar refractivity (Wildman–Crippen MR) is 114 cm³/mol. The Bertz CT molecular complexity index is 960. The SMILES string of the molecule is CCN(Cc1cc(-c2cccc(OC)c2)ccn1)CC1COc2ccccc2O1. The van der Waals surface area contributed by atoms with Crippen LogP contribution < -0.4 is 14.2 Å². The van der Waals surface area contributed by atoms with E-state index in [0.717, 1.165) is 53.7 Å². The highest BCUT2D eigenvalue weighted by Gasteiger charge is 2.22. The molecule has 0 amide bonds. The van der Waals surface area contributed by atoms with Gasteiger partial charge in [0.2, 0.25) is 0 Å². The molecule has 0 spiro atoms. The molecule has 2 aromatic carbocycles. The van der Waals surface area contributed by atoms with E-state index in [9.17, 15) is 0 Å². The normalized spacial score (nSPS) is 15.3. The van der Waals surface area contributed by atoms with E-state index in [1.54, 1.807) is 7.11 Å². The summed E-state index contributed by atoms with van der Waals surface area (Å²) in [6.45, 7) is 5.17. The van der Waals surface area contributed by atoms with E-state index in [1.165, 1.54) is 0 Å². The van der Waals surface area contributed by atoms with Gasteiger partial charge in [0.1, 0.15) is 18.5 Å². The maximum absolute atomic E-state index is 6.12. The van der Waals surface area contributed by atoms with E-state index in [0.29, 0.717) is 6.61 Å². The summed E-state index contributed by atoms with van der Waals surface area (Å²) in [5.41, 5.74) is 3.29. The van der Waals surface area contributed by atoms with Gasteiger partial charge in [0.15, 0.2) is 11.5 Å². The number of fused-ring (bicyclic) bond motifs is 1. The lowest BCUT2D eigenvalue weighted by Gasteiger charge is -2.30. The highest BCUT2D eigenvalue weighted by atomic mass is 16.6. The lowest BCUT2D eigenvalue weighted by Crippen LogP contribution is -2.40. The maximum Gasteiger partial charge on any atom is 0.161 e. The molecule has 0 fully saturated rings. The minimum Gasteiger partial charge on any atom is -0.497 e. The largest absolute Gasteiger partial charge is 0.497 e. The van der Waals surface area contributed by atoms with Crippen LogP contribution in [-0.4, -0.2) is 42.8 Å². The number of aromatic nitrogens is 1. The van der Waals surface area contributed by atoms with Crippen LogP contribution in [0.15, 0.2) is 66.9 Å². The third-order valence-corrected chi connectivity index (χ3v) is 5.08. The summed E-state index contributed by atoms with van der Waals surface area (Å²) >= 11 is 0. The predicted octanol–water partition coefficient (Wildman–Crippen LogP) is 4.42. The van der Waals surface area contributed by atoms with Crippen LogP contribution in [0.5, 0.6) is 17.2 Å². The molecule has 0 aliphatic carbocycles. The number of hydrogen-bond donors (Lipinski definition) is 0. The second-order valence-electron chi connectivity index (χ2n) is 7.09. The number of likely N-dealkylation sites (N-methyl/N-ethyl adjacent to an activating group) is 1. The van der Waals surface area contributed by atoms with Gasteiger partial charge in [-0.15, -0.1) is 0 Å². The highest BCUT2D eigenvalue weighted by Crippen LogP contribution is 2.31. The van der Waals surface area contributed by atoms with Crippen LogP contribution in [-0.2, 0) is 6.54 Å². The Hall–Kier alpha value is -3.05. The van der Waals surface area contributed by atoms with Crippen LogP contribution in [0.4, 0.5) is 0 Å². The van der Waals surface area contributed by atoms with Gasteiger partial charge in [-0.25, -0.2) is 0 Å². The molecule has 0 bridgehead atoms. The first-order chi connectivity index (χ1) is 14.2. The summed E-state index contributed by atoms with van der Waals surface area (Å²) in [5.74, 6) is 2.49. The summed E-state index contributed by atoms with van der Waals surface area (Å²) < 4.78 is 17.3. The Labute approximate surface area is 171 Å². The van der Waals surface area contributed by atoms with E-state index in [1.807, 2.05) is 54.7 Å². The van der Waals surface area contributed by atoms with E-state index in [4.69, 9.17) is 14.2 Å². The van der Waals surface area contributed by atoms with Crippen LogP contribution in [0.1, 0.15) is 12.6 Å². The number of pyridine rings is 1. The Balaban J connectivity index is 1.44. The Morgan fingerprint density at radius 2 is 1.86 bits per heavy atom. The zero-order chi connectivity index (χ0) is 20.1. The molecule has 1 aromatic heterocycles. The molecule has 0 N–H and O–H groups in total. The van der Waals surface area contributed by atoms with Crippen molar-refractivity contribution in [3.63, 3.8) is 0 Å². The van der Waals surface area contributed by atoms with Crippen molar-refractivity contribution >= 4 is 0 Å². The van der Waals surface area contributed by atoms with Gasteiger partial charge in [0, 0.05) is 19.3 Å². The molecular formula is C24H26N2O3. The highest BCUT2D eigenvalue weighted by molar-refractivity contribution is 5.65. The fourth-order valence-corrected chi connectivity index (χ4v) is 3.52. The second-order valence-corrected chi connectivity index (χ2v) is 7.09. The van der Waals surface area contributed by atoms with Gasteiger partial charge in [0.25, 0.3) is 0 Å². The molecule has 0 saturated carbocycles. The van der Waals surface area contributed by atoms with Crippen molar-refractivity contribution in [3.05, 3.63) is 72.6 Å². The van der Waals surface area contributed by atoms with Crippen molar-refractivity contribution in [2.45, 2.75) is 19.6 Å². The van der Waals surface area contributed by atoms with Gasteiger partial charge >= 0.3 is 0 Å². The summed E-state index contributed by atoms with van der Waals surface area (Å²) in [7, 11) is 1.69. The van der Waals surface area contributed by atoms with E-state index in [-0.39, 0.29) is 6.10 Å². The molecule has 5 nitrogen and oxygen atoms in total. The van der Waals surface area contributed by atoms with Gasteiger partial charge < -0.3 is 14.2 Å². The minimum absolute atomic E-state index is 0.00594. The average Bonchev–Trinajstić information content (AvgIpc) is 2.78. The number of benzene rings is 2. The quantitative estimate of drug-likeness (QED) is 0.598. The summed E-state index contributed by atoms with van der Waals surface area (Å²) in [5, 5.41) is 0. The number of ether oxygens (including phenoxy) is 3. The molecule has 29 heavy (non-hydrogen) atoms. The molecule has 3 aromatic rings. The summed E-state index contributed by atoms with van der Waals surface area (Å²) in [6.07, 6.45) is 1.88. The average molecular weight is 390 g/mol. The van der Waals surface area contributed by atoms with Crippen molar-refractivity contribution in [3.8, 4) is 28.4 Å². The lowest BCUT2D eigenvalue weighted by molar-refractivity contribution is 0.0577. The standard InChI is InChI=1S/C24H26N2O3/c1-3-26(16-22-17-28-23-9-4-5-10-24(23)29-22)15-20-13-19(11-12-25-20)18-7-6-8-21(14-18)27-2/h4-14,22H,3,15-17H2,1-2H3. The Morgan fingerprint density at radius 3 is 2.69 bits per heavy atom. The number of methoxy groups -OCH3 is 1. The number of hydrogen-bond acceptors (Lipinski definition) is 5. The number of para-hydroxylation sites is 2. The first-order valence-corrected chi connectivity index (χ1v) is 9.95. The minimum atomic E-state index is 0.00594. The molecule has 0 saturated heterocycles. The monoisotopic (exact) mass is 390 g/mol. The third kappa shape index (κ3) is 4.69. The smallest absolute Gasteiger partial charge is 0.161 e. The van der Waals surface area contributed by atoms with Crippen molar-refractivity contribution in [1.29, 1.82) is 0 Å². The van der Waals surface area contributed by atoms with Crippen molar-refractivity contribution < 1.29 is 14.2 Å². The van der Waals surface area contributed by atoms with Crippen LogP contribution in [0, 0.1) is 0 Å². The van der Waals surface area contributed by atoms with Crippen LogP contribution >= 0.6 is 0 Å². The number of nitrogens with zero attached hydrogens (tertiary/aromatic N) is 2. The molecule has 5 heteroatoms. The van der Waals surface area contributed by atoms with Crippen molar-refractivity contribution in [2.24, 2.45) is 0 Å². The fourth-order valence-electron chi connectivity index (χ4n) is 3.52. The first kappa shape index (κ1) is 19.3. The van der Waals surface area contributed by atoms with Gasteiger partial charge in [0.05, 0.1) is 12.8 Å². The summed E-state index contributed by atoms with van der Waals surface area (Å²) in [6, 6.07) is 20.1. The first-order valence-electron chi connectivity index (χ1n) is 9.95.